The van der Waals surface area contributed by atoms with Crippen LogP contribution in [0.25, 0.3) is 0 Å². The molecule has 1 rings (SSSR count). The van der Waals surface area contributed by atoms with E-state index in [-0.39, 0.29) is 0 Å². The van der Waals surface area contributed by atoms with Crippen molar-refractivity contribution < 1.29 is 28.2 Å². The molecule has 1 aromatic carbocycles. The van der Waals surface area contributed by atoms with Gasteiger partial charge >= 0.3 is 12.1 Å². The number of alkyl halides is 3. The summed E-state index contributed by atoms with van der Waals surface area (Å²) < 4.78 is 38.1. The van der Waals surface area contributed by atoms with Crippen molar-refractivity contribution in [1.82, 2.24) is 0 Å². The second-order valence-corrected chi connectivity index (χ2v) is 3.75. The molecule has 0 aliphatic carbocycles. The Morgan fingerprint density at radius 2 is 2.00 bits per heavy atom. The summed E-state index contributed by atoms with van der Waals surface area (Å²) >= 11 is 0. The Morgan fingerprint density at radius 3 is 2.47 bits per heavy atom. The van der Waals surface area contributed by atoms with E-state index in [1.165, 1.54) is 6.07 Å². The predicted molar refractivity (Wildman–Crippen MR) is 53.9 cm³/mol. The van der Waals surface area contributed by atoms with Gasteiger partial charge in [0.15, 0.2) is 0 Å². The number of benzene rings is 1. The maximum absolute atomic E-state index is 12.7. The summed E-state index contributed by atoms with van der Waals surface area (Å²) in [5.74, 6) is -4.30. The van der Waals surface area contributed by atoms with Crippen LogP contribution >= 0.6 is 0 Å². The standard InChI is InChI=1S/C11H11F3O3/c1-6-2-3-9(15)7(4-6)8(5-10(16)17)11(12,13)14/h2-4,8,15H,5H2,1H3,(H,16,17). The first-order chi connectivity index (χ1) is 7.71. The third kappa shape index (κ3) is 3.37. The number of aromatic hydroxyl groups is 1. The van der Waals surface area contributed by atoms with Gasteiger partial charge in [0, 0.05) is 5.56 Å². The number of aryl methyl sites for hydroxylation is 1. The second kappa shape index (κ2) is 4.65. The van der Waals surface area contributed by atoms with Crippen LogP contribution in [0.15, 0.2) is 18.2 Å². The van der Waals surface area contributed by atoms with E-state index in [0.717, 1.165) is 12.1 Å². The van der Waals surface area contributed by atoms with E-state index in [1.807, 2.05) is 0 Å². The Bertz CT molecular complexity index is 426. The molecule has 0 saturated carbocycles. The van der Waals surface area contributed by atoms with Crippen LogP contribution in [0.2, 0.25) is 0 Å². The van der Waals surface area contributed by atoms with Crippen molar-refractivity contribution in [2.24, 2.45) is 0 Å². The average molecular weight is 248 g/mol. The molecular formula is C11H11F3O3. The smallest absolute Gasteiger partial charge is 0.396 e. The molecule has 1 unspecified atom stereocenters. The van der Waals surface area contributed by atoms with Gasteiger partial charge in [-0.05, 0) is 13.0 Å². The maximum atomic E-state index is 12.7. The normalized spacial score (nSPS) is 13.4. The third-order valence-corrected chi connectivity index (χ3v) is 2.33. The molecule has 3 nitrogen and oxygen atoms in total. The van der Waals surface area contributed by atoms with Gasteiger partial charge in [0.2, 0.25) is 0 Å². The Balaban J connectivity index is 3.21. The fourth-order valence-corrected chi connectivity index (χ4v) is 1.53. The molecular weight excluding hydrogens is 237 g/mol. The maximum Gasteiger partial charge on any atom is 0.396 e. The highest BCUT2D eigenvalue weighted by Crippen LogP contribution is 2.41. The molecule has 0 bridgehead atoms. The van der Waals surface area contributed by atoms with Crippen molar-refractivity contribution in [2.75, 3.05) is 0 Å². The van der Waals surface area contributed by atoms with E-state index in [0.29, 0.717) is 5.56 Å². The van der Waals surface area contributed by atoms with Crippen LogP contribution in [0.4, 0.5) is 13.2 Å². The van der Waals surface area contributed by atoms with Crippen LogP contribution in [-0.2, 0) is 4.79 Å². The quantitative estimate of drug-likeness (QED) is 0.864. The molecule has 0 fully saturated rings. The number of halogens is 3. The topological polar surface area (TPSA) is 57.5 Å². The van der Waals surface area contributed by atoms with Crippen LogP contribution in [0.3, 0.4) is 0 Å². The number of carboxylic acids is 1. The van der Waals surface area contributed by atoms with Crippen molar-refractivity contribution in [3.05, 3.63) is 29.3 Å². The van der Waals surface area contributed by atoms with Crippen LogP contribution in [0.1, 0.15) is 23.5 Å². The van der Waals surface area contributed by atoms with Crippen LogP contribution in [-0.4, -0.2) is 22.4 Å². The molecule has 0 spiro atoms. The summed E-state index contributed by atoms with van der Waals surface area (Å²) in [6.07, 6.45) is -5.80. The van der Waals surface area contributed by atoms with Crippen molar-refractivity contribution in [2.45, 2.75) is 25.4 Å². The van der Waals surface area contributed by atoms with Gasteiger partial charge in [0.1, 0.15) is 5.75 Å². The molecule has 0 saturated heterocycles. The fraction of sp³-hybridized carbons (Fsp3) is 0.364. The van der Waals surface area contributed by atoms with Crippen molar-refractivity contribution in [3.8, 4) is 5.75 Å². The molecule has 94 valence electrons. The van der Waals surface area contributed by atoms with Gasteiger partial charge in [-0.1, -0.05) is 17.7 Å². The lowest BCUT2D eigenvalue weighted by molar-refractivity contribution is -0.163. The Labute approximate surface area is 95.5 Å². The Kier molecular flexibility index (Phi) is 3.65. The molecule has 6 heteroatoms. The molecule has 0 radical (unpaired) electrons. The van der Waals surface area contributed by atoms with E-state index in [1.54, 1.807) is 6.92 Å². The first kappa shape index (κ1) is 13.3. The minimum absolute atomic E-state index is 0.403. The lowest BCUT2D eigenvalue weighted by Gasteiger charge is -2.20. The minimum atomic E-state index is -4.70. The predicted octanol–water partition coefficient (Wildman–Crippen LogP) is 2.82. The van der Waals surface area contributed by atoms with E-state index < -0.39 is 35.8 Å². The molecule has 17 heavy (non-hydrogen) atoms. The van der Waals surface area contributed by atoms with E-state index in [2.05, 4.69) is 0 Å². The van der Waals surface area contributed by atoms with Crippen LogP contribution < -0.4 is 0 Å². The number of carboxylic acid groups (broad SMARTS) is 1. The van der Waals surface area contributed by atoms with Gasteiger partial charge < -0.3 is 10.2 Å². The molecule has 0 aliphatic heterocycles. The zero-order chi connectivity index (χ0) is 13.2. The van der Waals surface area contributed by atoms with Gasteiger partial charge in [-0.15, -0.1) is 0 Å². The highest BCUT2D eigenvalue weighted by Gasteiger charge is 2.43. The summed E-state index contributed by atoms with van der Waals surface area (Å²) in [5.41, 5.74) is 0.123. The molecule has 2 N–H and O–H groups in total. The van der Waals surface area contributed by atoms with Crippen molar-refractivity contribution in [1.29, 1.82) is 0 Å². The number of hydrogen-bond donors (Lipinski definition) is 2. The van der Waals surface area contributed by atoms with E-state index in [9.17, 15) is 23.1 Å². The van der Waals surface area contributed by atoms with Gasteiger partial charge in [-0.2, -0.15) is 13.2 Å². The molecule has 1 aromatic rings. The molecule has 0 aromatic heterocycles. The average Bonchev–Trinajstić information content (AvgIpc) is 2.16. The van der Waals surface area contributed by atoms with Crippen LogP contribution in [0.5, 0.6) is 5.75 Å². The number of phenols is 1. The number of rotatable bonds is 3. The summed E-state index contributed by atoms with van der Waals surface area (Å²) in [7, 11) is 0. The van der Waals surface area contributed by atoms with E-state index >= 15 is 0 Å². The van der Waals surface area contributed by atoms with E-state index in [4.69, 9.17) is 5.11 Å². The highest BCUT2D eigenvalue weighted by molar-refractivity contribution is 5.68. The van der Waals surface area contributed by atoms with Gasteiger partial charge in [0.25, 0.3) is 0 Å². The van der Waals surface area contributed by atoms with Gasteiger partial charge in [-0.3, -0.25) is 4.79 Å². The number of hydrogen-bond acceptors (Lipinski definition) is 2. The number of aliphatic carboxylic acids is 1. The molecule has 0 heterocycles. The molecule has 1 atom stereocenters. The largest absolute Gasteiger partial charge is 0.508 e. The zero-order valence-corrected chi connectivity index (χ0v) is 8.95. The first-order valence-corrected chi connectivity index (χ1v) is 4.80. The van der Waals surface area contributed by atoms with Crippen molar-refractivity contribution in [3.63, 3.8) is 0 Å². The minimum Gasteiger partial charge on any atom is -0.508 e. The Hall–Kier alpha value is -1.72. The molecule has 0 aliphatic rings. The second-order valence-electron chi connectivity index (χ2n) is 3.75. The molecule has 0 amide bonds. The summed E-state index contributed by atoms with van der Waals surface area (Å²) in [6, 6.07) is 3.73. The lowest BCUT2D eigenvalue weighted by atomic mass is 9.93. The van der Waals surface area contributed by atoms with Gasteiger partial charge in [0.05, 0.1) is 12.3 Å². The van der Waals surface area contributed by atoms with Crippen molar-refractivity contribution >= 4 is 5.97 Å². The lowest BCUT2D eigenvalue weighted by Crippen LogP contribution is -2.23. The van der Waals surface area contributed by atoms with Crippen LogP contribution in [0, 0.1) is 6.92 Å². The summed E-state index contributed by atoms with van der Waals surface area (Å²) in [5, 5.41) is 17.9. The monoisotopic (exact) mass is 248 g/mol. The highest BCUT2D eigenvalue weighted by atomic mass is 19.4. The SMILES string of the molecule is Cc1ccc(O)c(C(CC(=O)O)C(F)(F)F)c1. The Morgan fingerprint density at radius 1 is 1.41 bits per heavy atom. The zero-order valence-electron chi connectivity index (χ0n) is 8.95. The fourth-order valence-electron chi connectivity index (χ4n) is 1.53. The number of phenolic OH excluding ortho intramolecular Hbond substituents is 1. The third-order valence-electron chi connectivity index (χ3n) is 2.33. The first-order valence-electron chi connectivity index (χ1n) is 4.80. The summed E-state index contributed by atoms with van der Waals surface area (Å²) in [4.78, 5) is 10.4. The summed E-state index contributed by atoms with van der Waals surface area (Å²) in [6.45, 7) is 1.57. The number of carbonyl (C=O) groups is 1. The van der Waals surface area contributed by atoms with Gasteiger partial charge in [-0.25, -0.2) is 0 Å².